The molecular formula is C18H22NO6S. The molecule has 1 N–H and O–H groups in total. The predicted molar refractivity (Wildman–Crippen MR) is 99.3 cm³/mol. The van der Waals surface area contributed by atoms with Crippen LogP contribution >= 0.6 is 0 Å². The molecule has 0 fully saturated rings. The summed E-state index contributed by atoms with van der Waals surface area (Å²) in [6, 6.07) is 3.30. The van der Waals surface area contributed by atoms with Crippen LogP contribution in [0.1, 0.15) is 12.0 Å². The van der Waals surface area contributed by atoms with Gasteiger partial charge in [0.05, 0.1) is 45.2 Å². The molecule has 1 aromatic carbocycles. The molecule has 0 saturated carbocycles. The molecule has 1 aromatic rings. The summed E-state index contributed by atoms with van der Waals surface area (Å²) >= 11 is 0. The fourth-order valence-corrected chi connectivity index (χ4v) is 3.23. The van der Waals surface area contributed by atoms with E-state index in [2.05, 4.69) is 4.72 Å². The van der Waals surface area contributed by atoms with Gasteiger partial charge < -0.3 is 18.9 Å². The van der Waals surface area contributed by atoms with Gasteiger partial charge >= 0.3 is 0 Å². The number of nitrogens with one attached hydrogen (secondary N) is 1. The molecular weight excluding hydrogens is 358 g/mol. The maximum atomic E-state index is 12.3. The summed E-state index contributed by atoms with van der Waals surface area (Å²) in [6.45, 7) is 0. The predicted octanol–water partition coefficient (Wildman–Crippen LogP) is 2.62. The molecule has 1 aliphatic rings. The van der Waals surface area contributed by atoms with Crippen molar-refractivity contribution < 1.29 is 27.4 Å². The molecule has 0 spiro atoms. The third-order valence-corrected chi connectivity index (χ3v) is 4.69. The first-order valence-electron chi connectivity index (χ1n) is 7.71. The maximum absolute atomic E-state index is 12.3. The Kier molecular flexibility index (Phi) is 6.57. The molecule has 0 aliphatic heterocycles. The van der Waals surface area contributed by atoms with Gasteiger partial charge in [-0.2, -0.15) is 0 Å². The van der Waals surface area contributed by atoms with Gasteiger partial charge in [-0.3, -0.25) is 4.72 Å². The first kappa shape index (κ1) is 19.7. The van der Waals surface area contributed by atoms with Gasteiger partial charge in [-0.15, -0.1) is 0 Å². The molecule has 0 amide bonds. The van der Waals surface area contributed by atoms with E-state index in [0.717, 1.165) is 5.41 Å². The van der Waals surface area contributed by atoms with Gasteiger partial charge in [-0.1, -0.05) is 0 Å². The highest BCUT2D eigenvalue weighted by Crippen LogP contribution is 2.35. The first-order chi connectivity index (χ1) is 12.4. The van der Waals surface area contributed by atoms with Gasteiger partial charge in [0.1, 0.15) is 17.2 Å². The van der Waals surface area contributed by atoms with E-state index < -0.39 is 10.0 Å². The van der Waals surface area contributed by atoms with Crippen LogP contribution in [0.25, 0.3) is 6.08 Å². The number of hydrogen-bond acceptors (Lipinski definition) is 6. The maximum Gasteiger partial charge on any atom is 0.254 e. The van der Waals surface area contributed by atoms with Crippen LogP contribution in [-0.2, 0) is 14.8 Å². The number of ether oxygens (including phenoxy) is 4. The number of benzene rings is 1. The summed E-state index contributed by atoms with van der Waals surface area (Å²) in [6.07, 6.45) is 7.00. The molecule has 26 heavy (non-hydrogen) atoms. The van der Waals surface area contributed by atoms with E-state index in [1.807, 2.05) is 0 Å². The van der Waals surface area contributed by atoms with Crippen molar-refractivity contribution in [1.29, 1.82) is 0 Å². The molecule has 0 aromatic heterocycles. The van der Waals surface area contributed by atoms with Crippen molar-refractivity contribution in [2.45, 2.75) is 6.42 Å². The number of rotatable bonds is 8. The van der Waals surface area contributed by atoms with Crippen LogP contribution in [0.5, 0.6) is 17.2 Å². The molecule has 0 heterocycles. The van der Waals surface area contributed by atoms with Crippen molar-refractivity contribution in [3.63, 3.8) is 0 Å². The molecule has 0 saturated heterocycles. The third kappa shape index (κ3) is 4.95. The fourth-order valence-electron chi connectivity index (χ4n) is 2.33. The summed E-state index contributed by atoms with van der Waals surface area (Å²) in [5.41, 5.74) is 1.04. The molecule has 141 valence electrons. The van der Waals surface area contributed by atoms with Gasteiger partial charge in [0, 0.05) is 24.3 Å². The standard InChI is InChI=1S/C18H22NO6S/c1-22-14-7-5-13(6-8-14)19-26(20,21)10-9-16-17(24-3)11-15(23-2)12-18(16)25-4/h5,7-12,19H,6H2,1-4H3/b10-9+. The van der Waals surface area contributed by atoms with Gasteiger partial charge in [-0.05, 0) is 24.6 Å². The number of methoxy groups -OCH3 is 4. The van der Waals surface area contributed by atoms with Crippen LogP contribution in [0.4, 0.5) is 0 Å². The summed E-state index contributed by atoms with van der Waals surface area (Å²) in [7, 11) is 2.36. The molecule has 7 nitrogen and oxygen atoms in total. The zero-order chi connectivity index (χ0) is 19.2. The topological polar surface area (TPSA) is 83.1 Å². The summed E-state index contributed by atoms with van der Waals surface area (Å²) < 4.78 is 48.0. The molecule has 1 radical (unpaired) electrons. The van der Waals surface area contributed by atoms with E-state index in [1.54, 1.807) is 37.8 Å². The van der Waals surface area contributed by atoms with Crippen molar-refractivity contribution in [3.05, 3.63) is 53.1 Å². The molecule has 8 heteroatoms. The second-order valence-electron chi connectivity index (χ2n) is 5.27. The lowest BCUT2D eigenvalue weighted by Crippen LogP contribution is -2.21. The van der Waals surface area contributed by atoms with E-state index in [1.165, 1.54) is 27.4 Å². The molecule has 0 bridgehead atoms. The first-order valence-corrected chi connectivity index (χ1v) is 9.26. The average Bonchev–Trinajstić information content (AvgIpc) is 2.65. The molecule has 1 aliphatic carbocycles. The van der Waals surface area contributed by atoms with Crippen LogP contribution in [0.3, 0.4) is 0 Å². The Morgan fingerprint density at radius 1 is 0.962 bits per heavy atom. The van der Waals surface area contributed by atoms with E-state index in [9.17, 15) is 8.42 Å². The van der Waals surface area contributed by atoms with Crippen LogP contribution < -0.4 is 18.9 Å². The highest BCUT2D eigenvalue weighted by atomic mass is 32.2. The lowest BCUT2D eigenvalue weighted by atomic mass is 10.1. The van der Waals surface area contributed by atoms with E-state index in [0.29, 0.717) is 40.7 Å². The van der Waals surface area contributed by atoms with Gasteiger partial charge in [0.2, 0.25) is 0 Å². The lowest BCUT2D eigenvalue weighted by Gasteiger charge is -2.15. The Bertz CT molecular complexity index is 814. The summed E-state index contributed by atoms with van der Waals surface area (Å²) in [4.78, 5) is 0. The minimum absolute atomic E-state index is 0.432. The molecule has 0 unspecified atom stereocenters. The largest absolute Gasteiger partial charge is 0.501 e. The lowest BCUT2D eigenvalue weighted by molar-refractivity contribution is 0.296. The Morgan fingerprint density at radius 3 is 2.08 bits per heavy atom. The van der Waals surface area contributed by atoms with Crippen molar-refractivity contribution in [3.8, 4) is 17.2 Å². The van der Waals surface area contributed by atoms with Crippen molar-refractivity contribution in [1.82, 2.24) is 4.72 Å². The highest BCUT2D eigenvalue weighted by molar-refractivity contribution is 7.92. The van der Waals surface area contributed by atoms with E-state index in [4.69, 9.17) is 18.9 Å². The Labute approximate surface area is 154 Å². The van der Waals surface area contributed by atoms with Gasteiger partial charge in [0.15, 0.2) is 0 Å². The smallest absolute Gasteiger partial charge is 0.254 e. The van der Waals surface area contributed by atoms with Crippen molar-refractivity contribution in [2.24, 2.45) is 0 Å². The minimum Gasteiger partial charge on any atom is -0.501 e. The number of hydrogen-bond donors (Lipinski definition) is 1. The second-order valence-corrected chi connectivity index (χ2v) is 6.84. The van der Waals surface area contributed by atoms with Crippen LogP contribution in [0.2, 0.25) is 0 Å². The van der Waals surface area contributed by atoms with Crippen LogP contribution in [-0.4, -0.2) is 36.9 Å². The quantitative estimate of drug-likeness (QED) is 0.746. The number of sulfonamides is 1. The monoisotopic (exact) mass is 380 g/mol. The fraction of sp³-hybridized carbons (Fsp3) is 0.278. The van der Waals surface area contributed by atoms with Gasteiger partial charge in [0.25, 0.3) is 10.0 Å². The van der Waals surface area contributed by atoms with E-state index in [-0.39, 0.29) is 0 Å². The Morgan fingerprint density at radius 2 is 1.62 bits per heavy atom. The SMILES string of the molecule is COC1=CC=C(NS(=O)(=O)/C=C/c2c(OC)cc(OC)cc2OC)C[CH]1. The third-order valence-electron chi connectivity index (χ3n) is 3.65. The van der Waals surface area contributed by atoms with Crippen molar-refractivity contribution in [2.75, 3.05) is 28.4 Å². The number of allylic oxidation sites excluding steroid dienone is 4. The van der Waals surface area contributed by atoms with Crippen LogP contribution in [0, 0.1) is 6.42 Å². The zero-order valence-electron chi connectivity index (χ0n) is 15.1. The van der Waals surface area contributed by atoms with Crippen LogP contribution in [0.15, 0.2) is 41.1 Å². The highest BCUT2D eigenvalue weighted by Gasteiger charge is 2.15. The average molecular weight is 380 g/mol. The molecule has 2 rings (SSSR count). The van der Waals surface area contributed by atoms with E-state index >= 15 is 0 Å². The zero-order valence-corrected chi connectivity index (χ0v) is 15.9. The Hall–Kier alpha value is -2.61. The summed E-state index contributed by atoms with van der Waals surface area (Å²) in [5.74, 6) is 2.10. The van der Waals surface area contributed by atoms with Crippen molar-refractivity contribution >= 4 is 16.1 Å². The minimum atomic E-state index is -3.70. The Balaban J connectivity index is 2.25. The van der Waals surface area contributed by atoms with Gasteiger partial charge in [-0.25, -0.2) is 8.42 Å². The summed E-state index contributed by atoms with van der Waals surface area (Å²) in [5, 5.41) is 1.07. The normalized spacial score (nSPS) is 14.5. The molecule has 0 atom stereocenters. The second kappa shape index (κ2) is 8.66.